The Morgan fingerprint density at radius 1 is 1.37 bits per heavy atom. The van der Waals surface area contributed by atoms with Gasteiger partial charge >= 0.3 is 0 Å². The predicted octanol–water partition coefficient (Wildman–Crippen LogP) is 4.31. The van der Waals surface area contributed by atoms with Gasteiger partial charge in [0.15, 0.2) is 12.4 Å². The van der Waals surface area contributed by atoms with Gasteiger partial charge in [-0.15, -0.1) is 0 Å². The maximum Gasteiger partial charge on any atom is 0.258 e. The van der Waals surface area contributed by atoms with Gasteiger partial charge < -0.3 is 18.9 Å². The van der Waals surface area contributed by atoms with Crippen molar-refractivity contribution >= 4 is 28.5 Å². The van der Waals surface area contributed by atoms with Crippen molar-refractivity contribution in [3.05, 3.63) is 51.3 Å². The first-order valence-corrected chi connectivity index (χ1v) is 9.01. The smallest absolute Gasteiger partial charge is 0.258 e. The number of benzene rings is 1. The van der Waals surface area contributed by atoms with E-state index < -0.39 is 5.43 Å². The predicted molar refractivity (Wildman–Crippen MR) is 103 cm³/mol. The van der Waals surface area contributed by atoms with Gasteiger partial charge in [0.25, 0.3) is 5.91 Å². The summed E-state index contributed by atoms with van der Waals surface area (Å²) in [6, 6.07) is 6.56. The minimum atomic E-state index is -0.416. The molecule has 0 aliphatic heterocycles. The summed E-state index contributed by atoms with van der Waals surface area (Å²) in [4.78, 5) is 25.0. The molecule has 0 unspecified atom stereocenters. The van der Waals surface area contributed by atoms with Crippen molar-refractivity contribution in [2.24, 2.45) is 0 Å². The molecule has 0 saturated heterocycles. The number of halogens is 1. The second kappa shape index (κ2) is 7.88. The van der Waals surface area contributed by atoms with Crippen molar-refractivity contribution in [3.63, 3.8) is 0 Å². The first kappa shape index (κ1) is 19.0. The van der Waals surface area contributed by atoms with Crippen molar-refractivity contribution in [2.45, 2.75) is 33.2 Å². The van der Waals surface area contributed by atoms with E-state index in [0.29, 0.717) is 16.4 Å². The molecule has 0 aliphatic rings. The summed E-state index contributed by atoms with van der Waals surface area (Å²) in [6.45, 7) is 5.36. The Morgan fingerprint density at radius 3 is 2.81 bits per heavy atom. The highest BCUT2D eigenvalue weighted by molar-refractivity contribution is 6.32. The fourth-order valence-corrected chi connectivity index (χ4v) is 2.72. The van der Waals surface area contributed by atoms with Crippen LogP contribution in [0.3, 0.4) is 0 Å². The number of rotatable bonds is 6. The van der Waals surface area contributed by atoms with Crippen LogP contribution in [0.2, 0.25) is 5.02 Å². The number of fused-ring (bicyclic) bond motifs is 1. The van der Waals surface area contributed by atoms with Gasteiger partial charge in [0.05, 0.1) is 11.6 Å². The zero-order valence-electron chi connectivity index (χ0n) is 15.3. The van der Waals surface area contributed by atoms with Gasteiger partial charge in [-0.2, -0.15) is 0 Å². The number of carbonyl (C=O) groups excluding carboxylic acids is 1. The lowest BCUT2D eigenvalue weighted by Crippen LogP contribution is -2.36. The Labute approximate surface area is 161 Å². The number of amides is 1. The van der Waals surface area contributed by atoms with Crippen molar-refractivity contribution in [2.75, 3.05) is 6.61 Å². The molecule has 2 aromatic heterocycles. The summed E-state index contributed by atoms with van der Waals surface area (Å²) in [5.41, 5.74) is 0.727. The molecule has 6 nitrogen and oxygen atoms in total. The molecule has 3 rings (SSSR count). The maximum atomic E-state index is 13.0. The molecule has 0 saturated carbocycles. The van der Waals surface area contributed by atoms with Gasteiger partial charge in [-0.3, -0.25) is 9.59 Å². The van der Waals surface area contributed by atoms with Crippen LogP contribution in [0.25, 0.3) is 22.5 Å². The monoisotopic (exact) mass is 389 g/mol. The van der Waals surface area contributed by atoms with E-state index in [1.807, 2.05) is 20.8 Å². The van der Waals surface area contributed by atoms with E-state index in [-0.39, 0.29) is 35.5 Å². The first-order valence-electron chi connectivity index (χ1n) is 8.63. The number of furan rings is 1. The van der Waals surface area contributed by atoms with Crippen LogP contribution >= 0.6 is 11.6 Å². The van der Waals surface area contributed by atoms with Gasteiger partial charge in [0, 0.05) is 11.1 Å². The molecule has 7 heteroatoms. The summed E-state index contributed by atoms with van der Waals surface area (Å²) in [6.07, 6.45) is 2.26. The van der Waals surface area contributed by atoms with Crippen molar-refractivity contribution in [1.82, 2.24) is 5.32 Å². The number of nitrogens with one attached hydrogen (secondary N) is 1. The molecule has 27 heavy (non-hydrogen) atoms. The maximum absolute atomic E-state index is 13.0. The van der Waals surface area contributed by atoms with E-state index in [2.05, 4.69) is 5.32 Å². The van der Waals surface area contributed by atoms with Crippen molar-refractivity contribution in [1.29, 1.82) is 0 Å². The summed E-state index contributed by atoms with van der Waals surface area (Å²) < 4.78 is 16.8. The SMILES string of the molecule is CC[C@@H](C)NC(=O)COc1c(-c2ccco2)oc2cc(C)c(Cl)cc2c1=O. The van der Waals surface area contributed by atoms with Crippen LogP contribution < -0.4 is 15.5 Å². The van der Waals surface area contributed by atoms with Gasteiger partial charge in [-0.05, 0) is 50.1 Å². The zero-order valence-corrected chi connectivity index (χ0v) is 16.1. The lowest BCUT2D eigenvalue weighted by Gasteiger charge is -2.13. The van der Waals surface area contributed by atoms with Crippen LogP contribution in [0.15, 0.2) is 44.2 Å². The van der Waals surface area contributed by atoms with Crippen LogP contribution in [0.4, 0.5) is 0 Å². The van der Waals surface area contributed by atoms with Crippen LogP contribution in [-0.4, -0.2) is 18.6 Å². The highest BCUT2D eigenvalue weighted by atomic mass is 35.5. The number of ether oxygens (including phenoxy) is 1. The fourth-order valence-electron chi connectivity index (χ4n) is 2.56. The van der Waals surface area contributed by atoms with E-state index in [1.54, 1.807) is 18.2 Å². The van der Waals surface area contributed by atoms with E-state index in [4.69, 9.17) is 25.2 Å². The summed E-state index contributed by atoms with van der Waals surface area (Å²) in [5.74, 6) is 0.0577. The van der Waals surface area contributed by atoms with Crippen LogP contribution in [0.1, 0.15) is 25.8 Å². The standard InChI is InChI=1S/C20H20ClNO5/c1-4-12(3)22-17(23)10-26-20-18(24)13-9-14(21)11(2)8-16(13)27-19(20)15-6-5-7-25-15/h5-9,12H,4,10H2,1-3H3,(H,22,23)/t12-/m1/s1. The molecule has 1 aromatic carbocycles. The zero-order chi connectivity index (χ0) is 19.6. The van der Waals surface area contributed by atoms with Crippen LogP contribution in [0.5, 0.6) is 5.75 Å². The molecule has 0 radical (unpaired) electrons. The highest BCUT2D eigenvalue weighted by Gasteiger charge is 2.21. The molecule has 1 N–H and O–H groups in total. The molecule has 2 heterocycles. The summed E-state index contributed by atoms with van der Waals surface area (Å²) in [5, 5.41) is 3.51. The molecule has 3 aromatic rings. The summed E-state index contributed by atoms with van der Waals surface area (Å²) >= 11 is 6.15. The Balaban J connectivity index is 2.05. The number of hydrogen-bond donors (Lipinski definition) is 1. The van der Waals surface area contributed by atoms with E-state index >= 15 is 0 Å². The molecule has 1 amide bonds. The molecule has 0 spiro atoms. The molecule has 0 bridgehead atoms. The lowest BCUT2D eigenvalue weighted by atomic mass is 10.1. The molecule has 0 fully saturated rings. The first-order chi connectivity index (χ1) is 12.9. The van der Waals surface area contributed by atoms with Crippen molar-refractivity contribution < 1.29 is 18.4 Å². The molecular weight excluding hydrogens is 370 g/mol. The number of aryl methyl sites for hydroxylation is 1. The van der Waals surface area contributed by atoms with E-state index in [1.165, 1.54) is 12.3 Å². The van der Waals surface area contributed by atoms with Crippen LogP contribution in [0, 0.1) is 6.92 Å². The third kappa shape index (κ3) is 4.01. The van der Waals surface area contributed by atoms with Crippen molar-refractivity contribution in [3.8, 4) is 17.3 Å². The highest BCUT2D eigenvalue weighted by Crippen LogP contribution is 2.32. The quantitative estimate of drug-likeness (QED) is 0.679. The molecule has 1 atom stereocenters. The normalized spacial score (nSPS) is 12.1. The molecular formula is C20H20ClNO5. The average Bonchev–Trinajstić information content (AvgIpc) is 3.17. The topological polar surface area (TPSA) is 81.7 Å². The Hall–Kier alpha value is -2.73. The Kier molecular flexibility index (Phi) is 5.56. The number of carbonyl (C=O) groups is 1. The summed E-state index contributed by atoms with van der Waals surface area (Å²) in [7, 11) is 0. The number of hydrogen-bond acceptors (Lipinski definition) is 5. The van der Waals surface area contributed by atoms with E-state index in [9.17, 15) is 9.59 Å². The molecule has 142 valence electrons. The fraction of sp³-hybridized carbons (Fsp3) is 0.300. The Bertz CT molecular complexity index is 1020. The third-order valence-corrected chi connectivity index (χ3v) is 4.65. The minimum absolute atomic E-state index is 0.0143. The van der Waals surface area contributed by atoms with E-state index in [0.717, 1.165) is 12.0 Å². The second-order valence-electron chi connectivity index (χ2n) is 6.33. The minimum Gasteiger partial charge on any atom is -0.476 e. The Morgan fingerprint density at radius 2 is 2.15 bits per heavy atom. The lowest BCUT2D eigenvalue weighted by molar-refractivity contribution is -0.123. The van der Waals surface area contributed by atoms with Gasteiger partial charge in [0.2, 0.25) is 16.9 Å². The van der Waals surface area contributed by atoms with Crippen LogP contribution in [-0.2, 0) is 4.79 Å². The molecule has 0 aliphatic carbocycles. The van der Waals surface area contributed by atoms with Gasteiger partial charge in [-0.25, -0.2) is 0 Å². The van der Waals surface area contributed by atoms with Gasteiger partial charge in [0.1, 0.15) is 5.58 Å². The average molecular weight is 390 g/mol. The third-order valence-electron chi connectivity index (χ3n) is 4.24. The largest absolute Gasteiger partial charge is 0.476 e. The van der Waals surface area contributed by atoms with Gasteiger partial charge in [-0.1, -0.05) is 18.5 Å². The second-order valence-corrected chi connectivity index (χ2v) is 6.74.